The summed E-state index contributed by atoms with van der Waals surface area (Å²) in [6.07, 6.45) is 12.7. The molecule has 1 aromatic heterocycles. The van der Waals surface area contributed by atoms with Gasteiger partial charge >= 0.3 is 0 Å². The highest BCUT2D eigenvalue weighted by Crippen LogP contribution is 2.33. The van der Waals surface area contributed by atoms with E-state index < -0.39 is 0 Å². The Morgan fingerprint density at radius 3 is 2.79 bits per heavy atom. The molecule has 3 fully saturated rings. The Kier molecular flexibility index (Phi) is 5.56. The third-order valence-electron chi connectivity index (χ3n) is 6.46. The average Bonchev–Trinajstić information content (AvgIpc) is 3.39. The van der Waals surface area contributed by atoms with Crippen LogP contribution >= 0.6 is 0 Å². The molecule has 4 rings (SSSR count). The van der Waals surface area contributed by atoms with E-state index in [0.717, 1.165) is 24.3 Å². The fourth-order valence-corrected chi connectivity index (χ4v) is 5.17. The number of likely N-dealkylation sites (tertiary alicyclic amines) is 1. The van der Waals surface area contributed by atoms with Gasteiger partial charge in [-0.1, -0.05) is 12.8 Å². The van der Waals surface area contributed by atoms with E-state index in [1.807, 2.05) is 12.3 Å². The van der Waals surface area contributed by atoms with Crippen LogP contribution < -0.4 is 10.6 Å². The van der Waals surface area contributed by atoms with E-state index in [9.17, 15) is 0 Å². The third-order valence-corrected chi connectivity index (χ3v) is 6.46. The number of rotatable bonds is 6. The van der Waals surface area contributed by atoms with E-state index in [1.54, 1.807) is 0 Å². The maximum Gasteiger partial charge on any atom is 0.122 e. The molecule has 24 heavy (non-hydrogen) atoms. The normalized spacial score (nSPS) is 33.1. The van der Waals surface area contributed by atoms with E-state index >= 15 is 0 Å². The van der Waals surface area contributed by atoms with Crippen LogP contribution in [0, 0.1) is 5.92 Å². The van der Waals surface area contributed by atoms with Crippen LogP contribution in [0.3, 0.4) is 0 Å². The first kappa shape index (κ1) is 16.6. The number of nitrogens with zero attached hydrogens (tertiary/aromatic N) is 1. The molecule has 4 atom stereocenters. The summed E-state index contributed by atoms with van der Waals surface area (Å²) in [5, 5.41) is 7.74. The molecular weight excluding hydrogens is 298 g/mol. The van der Waals surface area contributed by atoms with Crippen molar-refractivity contribution >= 4 is 0 Å². The second-order valence-corrected chi connectivity index (χ2v) is 7.94. The van der Waals surface area contributed by atoms with Crippen LogP contribution in [0.25, 0.3) is 0 Å². The lowest BCUT2D eigenvalue weighted by molar-refractivity contribution is 0.191. The van der Waals surface area contributed by atoms with E-state index in [1.165, 1.54) is 71.0 Å². The molecular formula is C20H33N3O. The van der Waals surface area contributed by atoms with Crippen molar-refractivity contribution in [2.45, 2.75) is 69.5 Å². The van der Waals surface area contributed by atoms with Crippen molar-refractivity contribution in [3.05, 3.63) is 24.2 Å². The molecule has 3 aliphatic rings. The highest BCUT2D eigenvalue weighted by molar-refractivity contribution is 5.07. The molecule has 2 aliphatic heterocycles. The number of furan rings is 1. The molecule has 4 heteroatoms. The van der Waals surface area contributed by atoms with Crippen molar-refractivity contribution in [1.29, 1.82) is 0 Å². The Balaban J connectivity index is 1.37. The monoisotopic (exact) mass is 331 g/mol. The molecule has 3 heterocycles. The molecule has 1 aliphatic carbocycles. The van der Waals surface area contributed by atoms with Crippen LogP contribution in [-0.4, -0.2) is 43.2 Å². The summed E-state index contributed by atoms with van der Waals surface area (Å²) in [7, 11) is 0. The first-order valence-corrected chi connectivity index (χ1v) is 10.2. The molecule has 0 spiro atoms. The predicted molar refractivity (Wildman–Crippen MR) is 97.0 cm³/mol. The van der Waals surface area contributed by atoms with Crippen molar-refractivity contribution in [1.82, 2.24) is 15.5 Å². The zero-order valence-electron chi connectivity index (χ0n) is 14.9. The summed E-state index contributed by atoms with van der Waals surface area (Å²) in [4.78, 5) is 2.61. The SMILES string of the molecule is c1coc(C(CNC2CCCC2C2CCCCN2)N2CCCC2)c1. The summed E-state index contributed by atoms with van der Waals surface area (Å²) in [6.45, 7) is 4.68. The van der Waals surface area contributed by atoms with Gasteiger partial charge in [0.2, 0.25) is 0 Å². The Morgan fingerprint density at radius 2 is 2.04 bits per heavy atom. The van der Waals surface area contributed by atoms with Crippen LogP contribution in [0.1, 0.15) is 63.2 Å². The molecule has 0 aromatic carbocycles. The third kappa shape index (κ3) is 3.71. The number of nitrogens with one attached hydrogen (secondary N) is 2. The van der Waals surface area contributed by atoms with Crippen molar-refractivity contribution in [3.8, 4) is 0 Å². The number of hydrogen-bond donors (Lipinski definition) is 2. The van der Waals surface area contributed by atoms with Crippen molar-refractivity contribution in [2.24, 2.45) is 5.92 Å². The fourth-order valence-electron chi connectivity index (χ4n) is 5.17. The topological polar surface area (TPSA) is 40.4 Å². The maximum atomic E-state index is 5.77. The lowest BCUT2D eigenvalue weighted by atomic mass is 9.88. The van der Waals surface area contributed by atoms with Gasteiger partial charge in [-0.05, 0) is 76.2 Å². The van der Waals surface area contributed by atoms with Crippen molar-refractivity contribution in [2.75, 3.05) is 26.2 Å². The molecule has 2 saturated heterocycles. The minimum Gasteiger partial charge on any atom is -0.468 e. The summed E-state index contributed by atoms with van der Waals surface area (Å²) in [6, 6.07) is 6.01. The maximum absolute atomic E-state index is 5.77. The minimum absolute atomic E-state index is 0.406. The summed E-state index contributed by atoms with van der Waals surface area (Å²) < 4.78 is 5.77. The van der Waals surface area contributed by atoms with Gasteiger partial charge in [-0.15, -0.1) is 0 Å². The quantitative estimate of drug-likeness (QED) is 0.839. The summed E-state index contributed by atoms with van der Waals surface area (Å²) in [5.41, 5.74) is 0. The van der Waals surface area contributed by atoms with Crippen molar-refractivity contribution < 1.29 is 4.42 Å². The van der Waals surface area contributed by atoms with Gasteiger partial charge in [-0.2, -0.15) is 0 Å². The molecule has 4 nitrogen and oxygen atoms in total. The van der Waals surface area contributed by atoms with Gasteiger partial charge in [-0.25, -0.2) is 0 Å². The fraction of sp³-hybridized carbons (Fsp3) is 0.800. The van der Waals surface area contributed by atoms with E-state index in [0.29, 0.717) is 12.1 Å². The van der Waals surface area contributed by atoms with Gasteiger partial charge in [-0.3, -0.25) is 4.90 Å². The number of piperidine rings is 1. The van der Waals surface area contributed by atoms with Gasteiger partial charge in [0.25, 0.3) is 0 Å². The lowest BCUT2D eigenvalue weighted by Crippen LogP contribution is -2.48. The first-order chi connectivity index (χ1) is 11.9. The van der Waals surface area contributed by atoms with Gasteiger partial charge in [0.15, 0.2) is 0 Å². The van der Waals surface area contributed by atoms with Gasteiger partial charge in [0.1, 0.15) is 5.76 Å². The zero-order chi connectivity index (χ0) is 16.2. The smallest absolute Gasteiger partial charge is 0.122 e. The predicted octanol–water partition coefficient (Wildman–Crippen LogP) is 3.32. The molecule has 2 N–H and O–H groups in total. The molecule has 0 radical (unpaired) electrons. The van der Waals surface area contributed by atoms with E-state index in [4.69, 9.17) is 4.42 Å². The molecule has 1 aromatic rings. The van der Waals surface area contributed by atoms with Crippen LogP contribution in [0.2, 0.25) is 0 Å². The largest absolute Gasteiger partial charge is 0.468 e. The Bertz CT molecular complexity index is 477. The van der Waals surface area contributed by atoms with Crippen molar-refractivity contribution in [3.63, 3.8) is 0 Å². The summed E-state index contributed by atoms with van der Waals surface area (Å²) >= 11 is 0. The zero-order valence-corrected chi connectivity index (χ0v) is 14.9. The van der Waals surface area contributed by atoms with Gasteiger partial charge in [0.05, 0.1) is 12.3 Å². The van der Waals surface area contributed by atoms with Gasteiger partial charge in [0, 0.05) is 18.6 Å². The first-order valence-electron chi connectivity index (χ1n) is 10.2. The molecule has 134 valence electrons. The minimum atomic E-state index is 0.406. The Labute approximate surface area is 146 Å². The second-order valence-electron chi connectivity index (χ2n) is 7.94. The molecule has 0 bridgehead atoms. The Hall–Kier alpha value is -0.840. The van der Waals surface area contributed by atoms with E-state index in [2.05, 4.69) is 21.6 Å². The van der Waals surface area contributed by atoms with Crippen LogP contribution in [-0.2, 0) is 0 Å². The van der Waals surface area contributed by atoms with Crippen LogP contribution in [0.5, 0.6) is 0 Å². The Morgan fingerprint density at radius 1 is 1.12 bits per heavy atom. The second kappa shape index (κ2) is 8.03. The number of hydrogen-bond acceptors (Lipinski definition) is 4. The standard InChI is InChI=1S/C20H33N3O/c1-2-11-21-17(8-1)16-7-5-9-18(16)22-15-19(20-10-6-14-24-20)23-12-3-4-13-23/h6,10,14,16-19,21-22H,1-5,7-9,11-13,15H2. The highest BCUT2D eigenvalue weighted by Gasteiger charge is 2.35. The van der Waals surface area contributed by atoms with Crippen LogP contribution in [0.15, 0.2) is 22.8 Å². The molecule has 1 saturated carbocycles. The van der Waals surface area contributed by atoms with Crippen LogP contribution in [0.4, 0.5) is 0 Å². The van der Waals surface area contributed by atoms with E-state index in [-0.39, 0.29) is 0 Å². The molecule has 0 amide bonds. The van der Waals surface area contributed by atoms with Gasteiger partial charge < -0.3 is 15.1 Å². The molecule has 4 unspecified atom stereocenters. The average molecular weight is 332 g/mol. The highest BCUT2D eigenvalue weighted by atomic mass is 16.3. The summed E-state index contributed by atoms with van der Waals surface area (Å²) in [5.74, 6) is 1.95. The lowest BCUT2D eigenvalue weighted by Gasteiger charge is -2.34.